The number of sulfonamides is 1. The Morgan fingerprint density at radius 3 is 2.71 bits per heavy atom. The fraction of sp³-hybridized carbons (Fsp3) is 0.444. The maximum atomic E-state index is 11.8. The van der Waals surface area contributed by atoms with Crippen LogP contribution in [0.25, 0.3) is 0 Å². The van der Waals surface area contributed by atoms with Crippen molar-refractivity contribution in [2.45, 2.75) is 17.5 Å². The Kier molecular flexibility index (Phi) is 6.32. The highest BCUT2D eigenvalue weighted by Crippen LogP contribution is 2.21. The summed E-state index contributed by atoms with van der Waals surface area (Å²) >= 11 is 0. The zero-order chi connectivity index (χ0) is 20.1. The molecule has 1 saturated heterocycles. The van der Waals surface area contributed by atoms with E-state index in [9.17, 15) is 8.42 Å². The number of ether oxygens (including phenoxy) is 1. The third-order valence-electron chi connectivity index (χ3n) is 4.63. The van der Waals surface area contributed by atoms with Gasteiger partial charge < -0.3 is 15.0 Å². The molecule has 1 aliphatic rings. The van der Waals surface area contributed by atoms with Crippen LogP contribution >= 0.6 is 0 Å². The van der Waals surface area contributed by atoms with Gasteiger partial charge in [-0.25, -0.2) is 13.1 Å². The molecule has 0 spiro atoms. The SMILES string of the molecule is CN=C(NCc1ccc(S(=O)(=O)NC)cc1)N1CCOC(c2cnn(C)c2)C1. The summed E-state index contributed by atoms with van der Waals surface area (Å²) in [4.78, 5) is 6.78. The van der Waals surface area contributed by atoms with Crippen molar-refractivity contribution < 1.29 is 13.2 Å². The first-order chi connectivity index (χ1) is 13.4. The smallest absolute Gasteiger partial charge is 0.240 e. The van der Waals surface area contributed by atoms with Gasteiger partial charge in [0.15, 0.2) is 5.96 Å². The highest BCUT2D eigenvalue weighted by molar-refractivity contribution is 7.89. The van der Waals surface area contributed by atoms with Crippen LogP contribution in [0.2, 0.25) is 0 Å². The molecule has 28 heavy (non-hydrogen) atoms. The van der Waals surface area contributed by atoms with Crippen molar-refractivity contribution in [3.8, 4) is 0 Å². The number of benzene rings is 1. The lowest BCUT2D eigenvalue weighted by Gasteiger charge is -2.34. The quantitative estimate of drug-likeness (QED) is 0.553. The van der Waals surface area contributed by atoms with Gasteiger partial charge in [-0.3, -0.25) is 9.67 Å². The topological polar surface area (TPSA) is 101 Å². The van der Waals surface area contributed by atoms with Crippen LogP contribution < -0.4 is 10.0 Å². The summed E-state index contributed by atoms with van der Waals surface area (Å²) in [6.45, 7) is 2.58. The van der Waals surface area contributed by atoms with Crippen molar-refractivity contribution in [1.29, 1.82) is 0 Å². The van der Waals surface area contributed by atoms with E-state index in [4.69, 9.17) is 4.74 Å². The molecule has 1 aliphatic heterocycles. The van der Waals surface area contributed by atoms with Gasteiger partial charge >= 0.3 is 0 Å². The van der Waals surface area contributed by atoms with Gasteiger partial charge in [0.2, 0.25) is 10.0 Å². The van der Waals surface area contributed by atoms with E-state index in [1.165, 1.54) is 7.05 Å². The third kappa shape index (κ3) is 4.70. The first-order valence-electron chi connectivity index (χ1n) is 9.01. The number of hydrogen-bond acceptors (Lipinski definition) is 5. The number of morpholine rings is 1. The normalized spacial score (nSPS) is 18.3. The first-order valence-corrected chi connectivity index (χ1v) is 10.5. The molecular formula is C18H26N6O3S. The molecule has 2 heterocycles. The molecule has 0 saturated carbocycles. The molecule has 2 N–H and O–H groups in total. The van der Waals surface area contributed by atoms with Gasteiger partial charge in [0.1, 0.15) is 6.10 Å². The van der Waals surface area contributed by atoms with Crippen LogP contribution in [0.15, 0.2) is 46.5 Å². The number of rotatable bonds is 5. The molecule has 2 aromatic rings. The molecule has 1 fully saturated rings. The molecule has 1 aromatic heterocycles. The number of nitrogens with one attached hydrogen (secondary N) is 2. The highest BCUT2D eigenvalue weighted by Gasteiger charge is 2.25. The number of aryl methyl sites for hydroxylation is 1. The van der Waals surface area contributed by atoms with Gasteiger partial charge in [-0.05, 0) is 24.7 Å². The number of hydrogen-bond donors (Lipinski definition) is 2. The average molecular weight is 407 g/mol. The Bertz CT molecular complexity index is 923. The molecule has 9 nitrogen and oxygen atoms in total. The second-order valence-electron chi connectivity index (χ2n) is 6.51. The van der Waals surface area contributed by atoms with Crippen molar-refractivity contribution >= 4 is 16.0 Å². The molecule has 0 aliphatic carbocycles. The lowest BCUT2D eigenvalue weighted by atomic mass is 10.1. The summed E-state index contributed by atoms with van der Waals surface area (Å²) in [5.74, 6) is 0.782. The van der Waals surface area contributed by atoms with Gasteiger partial charge in [0, 0.05) is 38.9 Å². The van der Waals surface area contributed by atoms with Gasteiger partial charge in [-0.1, -0.05) is 12.1 Å². The van der Waals surface area contributed by atoms with Crippen molar-refractivity contribution in [1.82, 2.24) is 24.7 Å². The van der Waals surface area contributed by atoms with Crippen molar-refractivity contribution in [3.63, 3.8) is 0 Å². The van der Waals surface area contributed by atoms with Crippen molar-refractivity contribution in [2.75, 3.05) is 33.8 Å². The van der Waals surface area contributed by atoms with Crippen LogP contribution in [-0.4, -0.2) is 62.8 Å². The van der Waals surface area contributed by atoms with E-state index in [0.29, 0.717) is 19.7 Å². The van der Waals surface area contributed by atoms with E-state index < -0.39 is 10.0 Å². The zero-order valence-electron chi connectivity index (χ0n) is 16.3. The van der Waals surface area contributed by atoms with E-state index in [2.05, 4.69) is 25.0 Å². The Morgan fingerprint density at radius 1 is 1.36 bits per heavy atom. The van der Waals surface area contributed by atoms with Gasteiger partial charge in [0.05, 0.1) is 24.2 Å². The molecular weight excluding hydrogens is 380 g/mol. The molecule has 1 atom stereocenters. The molecule has 1 unspecified atom stereocenters. The molecule has 0 amide bonds. The van der Waals surface area contributed by atoms with Crippen LogP contribution in [0.5, 0.6) is 0 Å². The monoisotopic (exact) mass is 406 g/mol. The molecule has 1 aromatic carbocycles. The largest absolute Gasteiger partial charge is 0.370 e. The maximum absolute atomic E-state index is 11.8. The Balaban J connectivity index is 1.61. The van der Waals surface area contributed by atoms with Crippen LogP contribution in [0.1, 0.15) is 17.2 Å². The van der Waals surface area contributed by atoms with Crippen molar-refractivity contribution in [3.05, 3.63) is 47.8 Å². The second kappa shape index (κ2) is 8.72. The van der Waals surface area contributed by atoms with Crippen LogP contribution in [0.4, 0.5) is 0 Å². The number of nitrogens with zero attached hydrogens (tertiary/aromatic N) is 4. The fourth-order valence-corrected chi connectivity index (χ4v) is 3.80. The highest BCUT2D eigenvalue weighted by atomic mass is 32.2. The zero-order valence-corrected chi connectivity index (χ0v) is 17.1. The summed E-state index contributed by atoms with van der Waals surface area (Å²) < 4.78 is 33.6. The summed E-state index contributed by atoms with van der Waals surface area (Å²) in [6, 6.07) is 6.78. The van der Waals surface area contributed by atoms with Gasteiger partial charge in [0.25, 0.3) is 0 Å². The molecule has 3 rings (SSSR count). The number of aromatic nitrogens is 2. The average Bonchev–Trinajstić information content (AvgIpc) is 3.15. The lowest BCUT2D eigenvalue weighted by Crippen LogP contribution is -2.47. The summed E-state index contributed by atoms with van der Waals surface area (Å²) in [7, 11) is 1.61. The Hall–Kier alpha value is -2.43. The minimum absolute atomic E-state index is 0.0490. The van der Waals surface area contributed by atoms with E-state index >= 15 is 0 Å². The first kappa shape index (κ1) is 20.3. The predicted molar refractivity (Wildman–Crippen MR) is 106 cm³/mol. The Morgan fingerprint density at radius 2 is 2.11 bits per heavy atom. The van der Waals surface area contributed by atoms with E-state index in [0.717, 1.165) is 23.6 Å². The van der Waals surface area contributed by atoms with Gasteiger partial charge in [-0.15, -0.1) is 0 Å². The fourth-order valence-electron chi connectivity index (χ4n) is 3.07. The van der Waals surface area contributed by atoms with Gasteiger partial charge in [-0.2, -0.15) is 5.10 Å². The van der Waals surface area contributed by atoms with Crippen LogP contribution in [0.3, 0.4) is 0 Å². The predicted octanol–water partition coefficient (Wildman–Crippen LogP) is 0.477. The standard InChI is InChI=1S/C18H26N6O3S/c1-19-18(21-10-14-4-6-16(7-5-14)28(25,26)20-2)24-8-9-27-17(13-24)15-11-22-23(3)12-15/h4-7,11-12,17,20H,8-10,13H2,1-3H3,(H,19,21). The molecule has 0 radical (unpaired) electrons. The minimum atomic E-state index is -3.42. The minimum Gasteiger partial charge on any atom is -0.370 e. The lowest BCUT2D eigenvalue weighted by molar-refractivity contribution is -0.00805. The molecule has 0 bridgehead atoms. The van der Waals surface area contributed by atoms with Crippen molar-refractivity contribution in [2.24, 2.45) is 12.0 Å². The van der Waals surface area contributed by atoms with E-state index in [1.54, 1.807) is 36.0 Å². The van der Waals surface area contributed by atoms with E-state index in [-0.39, 0.29) is 11.0 Å². The third-order valence-corrected chi connectivity index (χ3v) is 6.06. The number of aliphatic imine (C=N–C) groups is 1. The van der Waals surface area contributed by atoms with E-state index in [1.807, 2.05) is 19.4 Å². The maximum Gasteiger partial charge on any atom is 0.240 e. The molecule has 152 valence electrons. The molecule has 10 heteroatoms. The second-order valence-corrected chi connectivity index (χ2v) is 8.39. The van der Waals surface area contributed by atoms with Crippen LogP contribution in [-0.2, 0) is 28.4 Å². The summed E-state index contributed by atoms with van der Waals surface area (Å²) in [5.41, 5.74) is 2.01. The summed E-state index contributed by atoms with van der Waals surface area (Å²) in [5, 5.41) is 7.55. The number of guanidine groups is 1. The summed E-state index contributed by atoms with van der Waals surface area (Å²) in [6.07, 6.45) is 3.74. The van der Waals surface area contributed by atoms with Crippen LogP contribution in [0, 0.1) is 0 Å². The Labute approximate surface area is 165 Å².